The van der Waals surface area contributed by atoms with Gasteiger partial charge in [-0.25, -0.2) is 9.69 Å². The Hall–Kier alpha value is -3.13. The lowest BCUT2D eigenvalue weighted by molar-refractivity contribution is -0.121. The fraction of sp³-hybridized carbons (Fsp3) is 0.304. The molecule has 0 bridgehead atoms. The zero-order valence-electron chi connectivity index (χ0n) is 17.0. The zero-order valence-corrected chi connectivity index (χ0v) is 17.8. The summed E-state index contributed by atoms with van der Waals surface area (Å²) in [5.41, 5.74) is 1.52. The summed E-state index contributed by atoms with van der Waals surface area (Å²) in [7, 11) is 0. The van der Waals surface area contributed by atoms with Crippen LogP contribution in [0.5, 0.6) is 0 Å². The van der Waals surface area contributed by atoms with Crippen LogP contribution in [0.2, 0.25) is 0 Å². The molecule has 1 N–H and O–H groups in total. The number of imide groups is 1. The Morgan fingerprint density at radius 3 is 2.35 bits per heavy atom. The minimum Gasteiger partial charge on any atom is -0.462 e. The van der Waals surface area contributed by atoms with Gasteiger partial charge in [0, 0.05) is 22.9 Å². The van der Waals surface area contributed by atoms with Crippen molar-refractivity contribution in [3.8, 4) is 0 Å². The Labute approximate surface area is 184 Å². The molecule has 0 radical (unpaired) electrons. The van der Waals surface area contributed by atoms with Crippen molar-refractivity contribution in [2.75, 3.05) is 16.8 Å². The van der Waals surface area contributed by atoms with E-state index in [0.717, 1.165) is 28.3 Å². The molecule has 0 spiro atoms. The molecule has 2 fully saturated rings. The molecule has 2 aromatic rings. The molecule has 2 aromatic carbocycles. The summed E-state index contributed by atoms with van der Waals surface area (Å²) in [6.07, 6.45) is 1.99. The number of nitrogens with one attached hydrogen (secondary N) is 1. The molecule has 1 aliphatic heterocycles. The number of carbonyl (C=O) groups is 4. The summed E-state index contributed by atoms with van der Waals surface area (Å²) >= 11 is 1.32. The number of hydrogen-bond acceptors (Lipinski definition) is 6. The van der Waals surface area contributed by atoms with Gasteiger partial charge in [0.05, 0.1) is 23.1 Å². The minimum atomic E-state index is -0.524. The summed E-state index contributed by atoms with van der Waals surface area (Å²) in [4.78, 5) is 51.0. The first-order chi connectivity index (χ1) is 15.0. The fourth-order valence-corrected chi connectivity index (χ4v) is 4.35. The van der Waals surface area contributed by atoms with Crippen LogP contribution in [-0.2, 0) is 19.1 Å². The third-order valence-electron chi connectivity index (χ3n) is 5.09. The van der Waals surface area contributed by atoms with Gasteiger partial charge in [-0.15, -0.1) is 11.8 Å². The molecular weight excluding hydrogens is 416 g/mol. The van der Waals surface area contributed by atoms with Gasteiger partial charge in [0.15, 0.2) is 0 Å². The van der Waals surface area contributed by atoms with Crippen molar-refractivity contribution in [3.05, 3.63) is 54.1 Å². The number of hydrogen-bond donors (Lipinski definition) is 1. The molecule has 7 nitrogen and oxygen atoms in total. The lowest BCUT2D eigenvalue weighted by Crippen LogP contribution is -2.31. The third-order valence-corrected chi connectivity index (χ3v) is 6.29. The molecule has 1 atom stereocenters. The highest BCUT2D eigenvalue weighted by Gasteiger charge is 2.40. The van der Waals surface area contributed by atoms with E-state index in [9.17, 15) is 19.2 Å². The smallest absolute Gasteiger partial charge is 0.338 e. The monoisotopic (exact) mass is 438 g/mol. The number of benzene rings is 2. The zero-order chi connectivity index (χ0) is 22.0. The molecule has 31 heavy (non-hydrogen) atoms. The number of ether oxygens (including phenoxy) is 1. The van der Waals surface area contributed by atoms with Gasteiger partial charge in [0.1, 0.15) is 0 Å². The second-order valence-electron chi connectivity index (χ2n) is 7.43. The first kappa shape index (κ1) is 21.1. The summed E-state index contributed by atoms with van der Waals surface area (Å²) in [6, 6.07) is 13.5. The van der Waals surface area contributed by atoms with Crippen LogP contribution in [0, 0.1) is 5.92 Å². The van der Waals surface area contributed by atoms with Gasteiger partial charge in [-0.3, -0.25) is 14.4 Å². The van der Waals surface area contributed by atoms with Crippen LogP contribution >= 0.6 is 11.8 Å². The summed E-state index contributed by atoms with van der Waals surface area (Å²) in [6.45, 7) is 2.00. The minimum absolute atomic E-state index is 0.0431. The number of esters is 1. The van der Waals surface area contributed by atoms with Gasteiger partial charge in [0.2, 0.25) is 17.7 Å². The Bertz CT molecular complexity index is 1020. The first-order valence-corrected chi connectivity index (χ1v) is 11.1. The molecule has 1 saturated carbocycles. The molecule has 1 heterocycles. The van der Waals surface area contributed by atoms with E-state index in [1.54, 1.807) is 43.3 Å². The van der Waals surface area contributed by atoms with Gasteiger partial charge in [-0.2, -0.15) is 0 Å². The number of nitrogens with zero attached hydrogens (tertiary/aromatic N) is 1. The van der Waals surface area contributed by atoms with E-state index < -0.39 is 11.2 Å². The van der Waals surface area contributed by atoms with Crippen LogP contribution in [0.3, 0.4) is 0 Å². The van der Waals surface area contributed by atoms with Crippen molar-refractivity contribution >= 4 is 46.8 Å². The molecule has 8 heteroatoms. The maximum absolute atomic E-state index is 12.9. The van der Waals surface area contributed by atoms with Gasteiger partial charge in [0.25, 0.3) is 0 Å². The molecule has 1 unspecified atom stereocenters. The van der Waals surface area contributed by atoms with E-state index in [1.165, 1.54) is 11.8 Å². The lowest BCUT2D eigenvalue weighted by Gasteiger charge is -2.15. The van der Waals surface area contributed by atoms with Crippen molar-refractivity contribution in [1.82, 2.24) is 0 Å². The van der Waals surface area contributed by atoms with E-state index in [0.29, 0.717) is 11.3 Å². The predicted molar refractivity (Wildman–Crippen MR) is 117 cm³/mol. The van der Waals surface area contributed by atoms with Crippen molar-refractivity contribution in [3.63, 3.8) is 0 Å². The van der Waals surface area contributed by atoms with Crippen molar-refractivity contribution < 1.29 is 23.9 Å². The van der Waals surface area contributed by atoms with E-state index in [-0.39, 0.29) is 36.7 Å². The van der Waals surface area contributed by atoms with Crippen LogP contribution in [0.15, 0.2) is 53.4 Å². The normalized spacial score (nSPS) is 18.2. The van der Waals surface area contributed by atoms with E-state index in [1.807, 2.05) is 12.1 Å². The van der Waals surface area contributed by atoms with Gasteiger partial charge in [-0.1, -0.05) is 0 Å². The first-order valence-electron chi connectivity index (χ1n) is 10.2. The highest BCUT2D eigenvalue weighted by atomic mass is 32.2. The van der Waals surface area contributed by atoms with Gasteiger partial charge >= 0.3 is 5.97 Å². The quantitative estimate of drug-likeness (QED) is 0.524. The van der Waals surface area contributed by atoms with Crippen LogP contribution in [0.1, 0.15) is 36.5 Å². The SMILES string of the molecule is CCOC(=O)c1ccc(N2C(=O)CC(Sc3ccc(NC(=O)C4CC4)cc3)C2=O)cc1. The summed E-state index contributed by atoms with van der Waals surface area (Å²) < 4.78 is 4.95. The number of anilines is 2. The third kappa shape index (κ3) is 4.80. The van der Waals surface area contributed by atoms with Crippen LogP contribution in [0.25, 0.3) is 0 Å². The second-order valence-corrected chi connectivity index (χ2v) is 8.71. The topological polar surface area (TPSA) is 92.8 Å². The fourth-order valence-electron chi connectivity index (χ4n) is 3.30. The largest absolute Gasteiger partial charge is 0.462 e. The molecular formula is C23H22N2O5S. The molecule has 3 amide bonds. The van der Waals surface area contributed by atoms with Gasteiger partial charge in [-0.05, 0) is 68.3 Å². The van der Waals surface area contributed by atoms with Crippen molar-refractivity contribution in [1.29, 1.82) is 0 Å². The van der Waals surface area contributed by atoms with E-state index in [4.69, 9.17) is 4.74 Å². The summed E-state index contributed by atoms with van der Waals surface area (Å²) in [5.74, 6) is -0.835. The number of thioether (sulfide) groups is 1. The summed E-state index contributed by atoms with van der Waals surface area (Å²) in [5, 5.41) is 2.36. The average Bonchev–Trinajstić information content (AvgIpc) is 3.57. The number of rotatable bonds is 7. The standard InChI is InChI=1S/C23H22N2O5S/c1-2-30-23(29)15-5-9-17(10-6-15)25-20(26)13-19(22(25)28)31-18-11-7-16(8-12-18)24-21(27)14-3-4-14/h5-12,14,19H,2-4,13H2,1H3,(H,24,27). The average molecular weight is 439 g/mol. The van der Waals surface area contributed by atoms with Crippen LogP contribution in [-0.4, -0.2) is 35.5 Å². The van der Waals surface area contributed by atoms with E-state index >= 15 is 0 Å². The van der Waals surface area contributed by atoms with E-state index in [2.05, 4.69) is 5.32 Å². The van der Waals surface area contributed by atoms with Crippen molar-refractivity contribution in [2.45, 2.75) is 36.3 Å². The molecule has 1 aliphatic carbocycles. The highest BCUT2D eigenvalue weighted by Crippen LogP contribution is 2.35. The highest BCUT2D eigenvalue weighted by molar-refractivity contribution is 8.00. The van der Waals surface area contributed by atoms with Crippen molar-refractivity contribution in [2.24, 2.45) is 5.92 Å². The number of amides is 3. The lowest BCUT2D eigenvalue weighted by atomic mass is 10.2. The molecule has 160 valence electrons. The number of carbonyl (C=O) groups excluding carboxylic acids is 4. The Kier molecular flexibility index (Phi) is 6.08. The molecule has 2 aliphatic rings. The molecule has 1 saturated heterocycles. The Balaban J connectivity index is 1.40. The predicted octanol–water partition coefficient (Wildman–Crippen LogP) is 3.64. The van der Waals surface area contributed by atoms with Crippen LogP contribution < -0.4 is 10.2 Å². The van der Waals surface area contributed by atoms with Gasteiger partial charge < -0.3 is 10.1 Å². The Morgan fingerprint density at radius 2 is 1.74 bits per heavy atom. The second kappa shape index (κ2) is 8.93. The molecule has 0 aromatic heterocycles. The van der Waals surface area contributed by atoms with Crippen LogP contribution in [0.4, 0.5) is 11.4 Å². The maximum Gasteiger partial charge on any atom is 0.338 e. The maximum atomic E-state index is 12.9. The molecule has 4 rings (SSSR count). The Morgan fingerprint density at radius 1 is 1.06 bits per heavy atom.